The van der Waals surface area contributed by atoms with Gasteiger partial charge in [0, 0.05) is 23.2 Å². The zero-order valence-corrected chi connectivity index (χ0v) is 15.0. The lowest BCUT2D eigenvalue weighted by atomic mass is 10.1. The number of nitrogens with zero attached hydrogens (tertiary/aromatic N) is 1. The van der Waals surface area contributed by atoms with E-state index in [1.807, 2.05) is 37.3 Å². The number of rotatable bonds is 7. The standard InChI is InChI=1S/C19H21ClN2O3/c1-13-4-3-5-16(10-13)12-24-22-9-8-15-6-7-18(20)17(11-15)14(2)25-19(21)23/h3-7,9-11,14H,8,12H2,1-2H3,(H2,21,23). The fraction of sp³-hybridized carbons (Fsp3) is 0.263. The lowest BCUT2D eigenvalue weighted by Gasteiger charge is -2.14. The van der Waals surface area contributed by atoms with Crippen LogP contribution in [0.2, 0.25) is 5.02 Å². The van der Waals surface area contributed by atoms with Gasteiger partial charge in [0.2, 0.25) is 0 Å². The van der Waals surface area contributed by atoms with Crippen LogP contribution in [0.4, 0.5) is 4.79 Å². The molecule has 2 rings (SSSR count). The third-order valence-corrected chi connectivity index (χ3v) is 3.93. The van der Waals surface area contributed by atoms with E-state index in [0.717, 1.165) is 11.1 Å². The second-order valence-corrected chi connectivity index (χ2v) is 6.10. The summed E-state index contributed by atoms with van der Waals surface area (Å²) in [6.07, 6.45) is 0.906. The molecule has 0 aliphatic carbocycles. The number of amides is 1. The molecule has 0 aromatic heterocycles. The van der Waals surface area contributed by atoms with E-state index < -0.39 is 12.2 Å². The Morgan fingerprint density at radius 2 is 2.08 bits per heavy atom. The van der Waals surface area contributed by atoms with Gasteiger partial charge in [-0.05, 0) is 31.0 Å². The van der Waals surface area contributed by atoms with Crippen molar-refractivity contribution in [1.82, 2.24) is 0 Å². The average molecular weight is 361 g/mol. The zero-order valence-electron chi connectivity index (χ0n) is 14.2. The maximum absolute atomic E-state index is 10.9. The summed E-state index contributed by atoms with van der Waals surface area (Å²) in [5.41, 5.74) is 8.98. The Labute approximate surface area is 152 Å². The summed E-state index contributed by atoms with van der Waals surface area (Å²) in [5, 5.41) is 4.49. The summed E-state index contributed by atoms with van der Waals surface area (Å²) in [5.74, 6) is 0. The molecule has 0 fully saturated rings. The smallest absolute Gasteiger partial charge is 0.405 e. The number of hydrogen-bond acceptors (Lipinski definition) is 4. The van der Waals surface area contributed by atoms with Crippen LogP contribution in [0.15, 0.2) is 47.6 Å². The van der Waals surface area contributed by atoms with Gasteiger partial charge in [-0.15, -0.1) is 0 Å². The minimum absolute atomic E-state index is 0.424. The number of carbonyl (C=O) groups is 1. The summed E-state index contributed by atoms with van der Waals surface area (Å²) in [4.78, 5) is 16.2. The third kappa shape index (κ3) is 6.12. The van der Waals surface area contributed by atoms with Gasteiger partial charge in [0.25, 0.3) is 0 Å². The Morgan fingerprint density at radius 1 is 1.28 bits per heavy atom. The van der Waals surface area contributed by atoms with Gasteiger partial charge >= 0.3 is 6.09 Å². The molecule has 6 heteroatoms. The molecule has 5 nitrogen and oxygen atoms in total. The first kappa shape index (κ1) is 18.8. The Balaban J connectivity index is 1.90. The number of carbonyl (C=O) groups excluding carboxylic acids is 1. The van der Waals surface area contributed by atoms with Crippen molar-refractivity contribution in [1.29, 1.82) is 0 Å². The second-order valence-electron chi connectivity index (χ2n) is 5.69. The third-order valence-electron chi connectivity index (χ3n) is 3.58. The first-order chi connectivity index (χ1) is 12.0. The normalized spacial score (nSPS) is 12.1. The molecule has 2 N–H and O–H groups in total. The van der Waals surface area contributed by atoms with Crippen LogP contribution in [-0.4, -0.2) is 12.3 Å². The van der Waals surface area contributed by atoms with Gasteiger partial charge in [0.05, 0.1) is 0 Å². The molecule has 1 amide bonds. The Kier molecular flexibility index (Phi) is 6.83. The lowest BCUT2D eigenvalue weighted by molar-refractivity contribution is 0.116. The zero-order chi connectivity index (χ0) is 18.2. The first-order valence-electron chi connectivity index (χ1n) is 7.89. The highest BCUT2D eigenvalue weighted by molar-refractivity contribution is 6.31. The number of primary amides is 1. The van der Waals surface area contributed by atoms with Crippen molar-refractivity contribution in [3.8, 4) is 0 Å². The summed E-state index contributed by atoms with van der Waals surface area (Å²) >= 11 is 6.15. The molecule has 0 aliphatic heterocycles. The van der Waals surface area contributed by atoms with Crippen molar-refractivity contribution in [3.05, 3.63) is 69.7 Å². The van der Waals surface area contributed by atoms with Gasteiger partial charge in [0.1, 0.15) is 12.7 Å². The van der Waals surface area contributed by atoms with Gasteiger partial charge in [-0.1, -0.05) is 58.7 Å². The quantitative estimate of drug-likeness (QED) is 0.581. The molecule has 132 valence electrons. The summed E-state index contributed by atoms with van der Waals surface area (Å²) < 4.78 is 4.97. The van der Waals surface area contributed by atoms with E-state index in [4.69, 9.17) is 26.9 Å². The van der Waals surface area contributed by atoms with E-state index in [1.54, 1.807) is 19.2 Å². The van der Waals surface area contributed by atoms with E-state index >= 15 is 0 Å². The predicted octanol–water partition coefficient (Wildman–Crippen LogP) is 4.55. The monoisotopic (exact) mass is 360 g/mol. The Morgan fingerprint density at radius 3 is 2.80 bits per heavy atom. The van der Waals surface area contributed by atoms with Crippen LogP contribution >= 0.6 is 11.6 Å². The summed E-state index contributed by atoms with van der Waals surface area (Å²) in [7, 11) is 0. The van der Waals surface area contributed by atoms with E-state index in [-0.39, 0.29) is 0 Å². The maximum atomic E-state index is 10.9. The summed E-state index contributed by atoms with van der Waals surface area (Å²) in [6, 6.07) is 13.6. The molecule has 0 saturated carbocycles. The van der Waals surface area contributed by atoms with Gasteiger partial charge in [-0.3, -0.25) is 0 Å². The molecule has 0 saturated heterocycles. The second kappa shape index (κ2) is 9.08. The Bertz CT molecular complexity index is 762. The highest BCUT2D eigenvalue weighted by Gasteiger charge is 2.13. The largest absolute Gasteiger partial charge is 0.442 e. The molecule has 0 radical (unpaired) electrons. The molecule has 0 spiro atoms. The van der Waals surface area contributed by atoms with Crippen molar-refractivity contribution in [2.45, 2.75) is 33.0 Å². The molecular weight excluding hydrogens is 340 g/mol. The molecule has 0 aliphatic rings. The van der Waals surface area contributed by atoms with Crippen LogP contribution in [0.25, 0.3) is 0 Å². The van der Waals surface area contributed by atoms with E-state index in [0.29, 0.717) is 23.6 Å². The molecule has 25 heavy (non-hydrogen) atoms. The molecule has 2 aromatic carbocycles. The first-order valence-corrected chi connectivity index (χ1v) is 8.27. The van der Waals surface area contributed by atoms with Gasteiger partial charge < -0.3 is 15.3 Å². The van der Waals surface area contributed by atoms with Gasteiger partial charge in [0.15, 0.2) is 0 Å². The van der Waals surface area contributed by atoms with Crippen LogP contribution < -0.4 is 5.73 Å². The fourth-order valence-corrected chi connectivity index (χ4v) is 2.65. The lowest BCUT2D eigenvalue weighted by Crippen LogP contribution is -2.16. The minimum atomic E-state index is -0.833. The number of halogens is 1. The number of aryl methyl sites for hydroxylation is 1. The fourth-order valence-electron chi connectivity index (χ4n) is 2.38. The number of hydrogen-bond donors (Lipinski definition) is 1. The van der Waals surface area contributed by atoms with Crippen molar-refractivity contribution in [2.75, 3.05) is 0 Å². The van der Waals surface area contributed by atoms with Crippen LogP contribution in [0, 0.1) is 6.92 Å². The number of ether oxygens (including phenoxy) is 1. The van der Waals surface area contributed by atoms with Crippen molar-refractivity contribution < 1.29 is 14.4 Å². The molecule has 0 heterocycles. The number of nitrogens with two attached hydrogens (primary N) is 1. The number of benzene rings is 2. The van der Waals surface area contributed by atoms with Crippen molar-refractivity contribution in [2.24, 2.45) is 10.9 Å². The van der Waals surface area contributed by atoms with E-state index in [2.05, 4.69) is 11.2 Å². The Hall–Kier alpha value is -2.53. The predicted molar refractivity (Wildman–Crippen MR) is 98.7 cm³/mol. The van der Waals surface area contributed by atoms with E-state index in [1.165, 1.54) is 5.56 Å². The maximum Gasteiger partial charge on any atom is 0.405 e. The van der Waals surface area contributed by atoms with Crippen molar-refractivity contribution in [3.63, 3.8) is 0 Å². The van der Waals surface area contributed by atoms with E-state index in [9.17, 15) is 4.79 Å². The average Bonchev–Trinajstić information content (AvgIpc) is 2.55. The van der Waals surface area contributed by atoms with Gasteiger partial charge in [-0.25, -0.2) is 4.79 Å². The van der Waals surface area contributed by atoms with Crippen LogP contribution in [-0.2, 0) is 22.6 Å². The molecule has 0 bridgehead atoms. The van der Waals surface area contributed by atoms with Gasteiger partial charge in [-0.2, -0.15) is 0 Å². The highest BCUT2D eigenvalue weighted by atomic mass is 35.5. The van der Waals surface area contributed by atoms with Crippen molar-refractivity contribution >= 4 is 23.9 Å². The van der Waals surface area contributed by atoms with Crippen LogP contribution in [0.1, 0.15) is 35.3 Å². The molecule has 1 unspecified atom stereocenters. The highest BCUT2D eigenvalue weighted by Crippen LogP contribution is 2.26. The molecule has 1 atom stereocenters. The minimum Gasteiger partial charge on any atom is -0.442 e. The molecular formula is C19H21ClN2O3. The SMILES string of the molecule is Cc1cccc(CON=CCc2ccc(Cl)c(C(C)OC(N)=O)c2)c1. The topological polar surface area (TPSA) is 73.9 Å². The van der Waals surface area contributed by atoms with Crippen LogP contribution in [0.5, 0.6) is 0 Å². The molecule has 2 aromatic rings. The number of oxime groups is 1. The van der Waals surface area contributed by atoms with Crippen LogP contribution in [0.3, 0.4) is 0 Å². The summed E-state index contributed by atoms with van der Waals surface area (Å²) in [6.45, 7) is 4.18.